The van der Waals surface area contributed by atoms with Crippen LogP contribution in [0.4, 0.5) is 0 Å². The van der Waals surface area contributed by atoms with E-state index >= 15 is 0 Å². The second-order valence-electron chi connectivity index (χ2n) is 6.77. The van der Waals surface area contributed by atoms with E-state index in [1.165, 1.54) is 0 Å². The normalized spacial score (nSPS) is 20.1. The number of amidine groups is 1. The highest BCUT2D eigenvalue weighted by atomic mass is 32.2. The van der Waals surface area contributed by atoms with Gasteiger partial charge in [-0.25, -0.2) is 0 Å². The number of aliphatic hydroxyl groups is 1. The van der Waals surface area contributed by atoms with Crippen LogP contribution in [0.15, 0.2) is 57.8 Å². The van der Waals surface area contributed by atoms with Crippen LogP contribution in [-0.2, 0) is 10.0 Å². The van der Waals surface area contributed by atoms with E-state index in [0.717, 1.165) is 5.56 Å². The maximum Gasteiger partial charge on any atom is 0.283 e. The minimum atomic E-state index is -3.84. The Kier molecular flexibility index (Phi) is 5.53. The molecule has 0 aliphatic carbocycles. The molecule has 0 unspecified atom stereocenters. The predicted molar refractivity (Wildman–Crippen MR) is 104 cm³/mol. The molecular weight excluding hydrogens is 364 g/mol. The van der Waals surface area contributed by atoms with E-state index in [4.69, 9.17) is 4.74 Å². The van der Waals surface area contributed by atoms with Gasteiger partial charge in [0.1, 0.15) is 11.6 Å². The molecule has 1 aliphatic rings. The van der Waals surface area contributed by atoms with Gasteiger partial charge in [-0.1, -0.05) is 29.8 Å². The van der Waals surface area contributed by atoms with Crippen molar-refractivity contribution in [3.8, 4) is 5.75 Å². The number of likely N-dealkylation sites (tertiary alicyclic amines) is 1. The fourth-order valence-corrected chi connectivity index (χ4v) is 4.32. The van der Waals surface area contributed by atoms with Crippen LogP contribution in [0.3, 0.4) is 0 Å². The number of hydrogen-bond acceptors (Lipinski definition) is 4. The summed E-state index contributed by atoms with van der Waals surface area (Å²) in [4.78, 5) is 1.95. The number of benzene rings is 2. The van der Waals surface area contributed by atoms with Gasteiger partial charge < -0.3 is 14.7 Å². The third-order valence-electron chi connectivity index (χ3n) is 4.87. The van der Waals surface area contributed by atoms with Crippen LogP contribution in [0.25, 0.3) is 0 Å². The highest BCUT2D eigenvalue weighted by molar-refractivity contribution is 7.90. The van der Waals surface area contributed by atoms with E-state index in [0.29, 0.717) is 30.1 Å². The van der Waals surface area contributed by atoms with Crippen LogP contribution in [0.5, 0.6) is 5.75 Å². The molecule has 0 saturated carbocycles. The van der Waals surface area contributed by atoms with Crippen LogP contribution >= 0.6 is 0 Å². The molecule has 1 saturated heterocycles. The first-order valence-corrected chi connectivity index (χ1v) is 10.2. The second-order valence-corrected chi connectivity index (χ2v) is 8.38. The van der Waals surface area contributed by atoms with Crippen LogP contribution in [0, 0.1) is 12.8 Å². The molecule has 27 heavy (non-hydrogen) atoms. The van der Waals surface area contributed by atoms with Gasteiger partial charge >= 0.3 is 0 Å². The lowest BCUT2D eigenvalue weighted by atomic mass is 9.94. The first kappa shape index (κ1) is 19.4. The second kappa shape index (κ2) is 7.70. The van der Waals surface area contributed by atoms with Crippen molar-refractivity contribution in [1.82, 2.24) is 4.90 Å². The van der Waals surface area contributed by atoms with Crippen LogP contribution in [0.2, 0.25) is 0 Å². The van der Waals surface area contributed by atoms with Gasteiger partial charge in [0.15, 0.2) is 0 Å². The molecule has 0 bridgehead atoms. The van der Waals surface area contributed by atoms with Crippen molar-refractivity contribution in [2.24, 2.45) is 10.3 Å². The molecule has 144 valence electrons. The quantitative estimate of drug-likeness (QED) is 0.852. The fourth-order valence-electron chi connectivity index (χ4n) is 3.22. The zero-order valence-corrected chi connectivity index (χ0v) is 16.5. The van der Waals surface area contributed by atoms with Crippen molar-refractivity contribution < 1.29 is 18.3 Å². The summed E-state index contributed by atoms with van der Waals surface area (Å²) in [7, 11) is -0.460. The molecule has 2 aromatic rings. The molecule has 0 radical (unpaired) electrons. The van der Waals surface area contributed by atoms with Gasteiger partial charge in [-0.2, -0.15) is 8.42 Å². The average molecular weight is 388 g/mol. The summed E-state index contributed by atoms with van der Waals surface area (Å²) in [5.41, 5.74) is 1.68. The summed E-state index contributed by atoms with van der Waals surface area (Å²) < 4.78 is 34.7. The number of hydrogen-bond donors (Lipinski definition) is 1. The van der Waals surface area contributed by atoms with E-state index in [2.05, 4.69) is 4.40 Å². The van der Waals surface area contributed by atoms with Gasteiger partial charge in [-0.05, 0) is 43.2 Å². The van der Waals surface area contributed by atoms with E-state index in [1.54, 1.807) is 67.6 Å². The Labute approximate surface area is 160 Å². The van der Waals surface area contributed by atoms with Gasteiger partial charge in [-0.3, -0.25) is 0 Å². The number of methoxy groups -OCH3 is 1. The lowest BCUT2D eigenvalue weighted by Gasteiger charge is -2.21. The van der Waals surface area contributed by atoms with Crippen LogP contribution in [-0.4, -0.2) is 45.0 Å². The predicted octanol–water partition coefficient (Wildman–Crippen LogP) is 2.78. The third kappa shape index (κ3) is 4.14. The highest BCUT2D eigenvalue weighted by Crippen LogP contribution is 2.33. The minimum Gasteiger partial charge on any atom is -0.497 e. The molecule has 3 rings (SSSR count). The van der Waals surface area contributed by atoms with Crippen LogP contribution < -0.4 is 4.74 Å². The van der Waals surface area contributed by atoms with Crippen LogP contribution in [0.1, 0.15) is 23.7 Å². The molecule has 6 nitrogen and oxygen atoms in total. The topological polar surface area (TPSA) is 79.2 Å². The summed E-state index contributed by atoms with van der Waals surface area (Å²) >= 11 is 0. The highest BCUT2D eigenvalue weighted by Gasteiger charge is 2.35. The number of aliphatic hydroxyl groups excluding tert-OH is 1. The lowest BCUT2D eigenvalue weighted by molar-refractivity contribution is 0.141. The molecule has 2 aromatic carbocycles. The monoisotopic (exact) mass is 388 g/mol. The average Bonchev–Trinajstić information content (AvgIpc) is 3.01. The molecule has 1 heterocycles. The Bertz CT molecular complexity index is 921. The number of ether oxygens (including phenoxy) is 1. The Hall–Kier alpha value is -2.38. The summed E-state index contributed by atoms with van der Waals surface area (Å²) in [5.74, 6) is 0.702. The third-order valence-corrected chi connectivity index (χ3v) is 6.16. The standard InChI is InChI=1S/C20H24N2O4S/c1-14-4-10-17(11-5-14)27(24,25)21-20-18(12-13-22(20)2)19(23)15-6-8-16(26-3)9-7-15/h4-11,18-19,23H,12-13H2,1-3H3/b21-20+/t18-,19+/m1/s1. The Morgan fingerprint density at radius 1 is 1.15 bits per heavy atom. The van der Waals surface area contributed by atoms with Crippen molar-refractivity contribution in [2.75, 3.05) is 20.7 Å². The van der Waals surface area contributed by atoms with Crippen molar-refractivity contribution in [2.45, 2.75) is 24.3 Å². The summed E-state index contributed by atoms with van der Waals surface area (Å²) in [6.07, 6.45) is -0.209. The zero-order valence-electron chi connectivity index (χ0n) is 15.7. The molecule has 0 aromatic heterocycles. The van der Waals surface area contributed by atoms with Crippen molar-refractivity contribution >= 4 is 15.9 Å². The number of aryl methyl sites for hydroxylation is 1. The molecule has 1 fully saturated rings. The molecule has 0 spiro atoms. The Morgan fingerprint density at radius 3 is 2.37 bits per heavy atom. The van der Waals surface area contributed by atoms with Crippen molar-refractivity contribution in [3.05, 3.63) is 59.7 Å². The first-order valence-electron chi connectivity index (χ1n) is 8.76. The maximum absolute atomic E-state index is 12.7. The van der Waals surface area contributed by atoms with Gasteiger partial charge in [0.05, 0.1) is 18.1 Å². The number of sulfonamides is 1. The van der Waals surface area contributed by atoms with E-state index in [9.17, 15) is 13.5 Å². The molecular formula is C20H24N2O4S. The van der Waals surface area contributed by atoms with Gasteiger partial charge in [0.25, 0.3) is 10.0 Å². The summed E-state index contributed by atoms with van der Waals surface area (Å²) in [5, 5.41) is 10.8. The van der Waals surface area contributed by atoms with Gasteiger partial charge in [0.2, 0.25) is 0 Å². The minimum absolute atomic E-state index is 0.151. The molecule has 7 heteroatoms. The first-order chi connectivity index (χ1) is 12.8. The van der Waals surface area contributed by atoms with E-state index in [-0.39, 0.29) is 10.8 Å². The fraction of sp³-hybridized carbons (Fsp3) is 0.350. The largest absolute Gasteiger partial charge is 0.497 e. The summed E-state index contributed by atoms with van der Waals surface area (Å²) in [6.45, 7) is 2.54. The smallest absolute Gasteiger partial charge is 0.283 e. The molecule has 1 aliphatic heterocycles. The number of nitrogens with zero attached hydrogens (tertiary/aromatic N) is 2. The molecule has 2 atom stereocenters. The van der Waals surface area contributed by atoms with E-state index < -0.39 is 16.1 Å². The van der Waals surface area contributed by atoms with Crippen molar-refractivity contribution in [1.29, 1.82) is 0 Å². The lowest BCUT2D eigenvalue weighted by Crippen LogP contribution is -2.28. The Balaban J connectivity index is 1.92. The SMILES string of the molecule is COc1ccc([C@H](O)[C@H]2CCN(C)/C2=N/S(=O)(=O)c2ccc(C)cc2)cc1. The van der Waals surface area contributed by atoms with Gasteiger partial charge in [0, 0.05) is 19.5 Å². The maximum atomic E-state index is 12.7. The zero-order chi connectivity index (χ0) is 19.6. The van der Waals surface area contributed by atoms with Crippen molar-refractivity contribution in [3.63, 3.8) is 0 Å². The van der Waals surface area contributed by atoms with Gasteiger partial charge in [-0.15, -0.1) is 4.40 Å². The Morgan fingerprint density at radius 2 is 1.78 bits per heavy atom. The number of rotatable bonds is 5. The van der Waals surface area contributed by atoms with E-state index in [1.807, 2.05) is 6.92 Å². The summed E-state index contributed by atoms with van der Waals surface area (Å²) in [6, 6.07) is 13.7. The molecule has 0 amide bonds. The molecule has 1 N–H and O–H groups in total.